The number of nitrogens with one attached hydrogen (secondary N) is 1. The molecular formula is C15H24IN. The number of rotatable bonds is 6. The van der Waals surface area contributed by atoms with Crippen LogP contribution >= 0.6 is 22.6 Å². The summed E-state index contributed by atoms with van der Waals surface area (Å²) in [5.41, 5.74) is 3.05. The molecule has 17 heavy (non-hydrogen) atoms. The Balaban J connectivity index is 2.36. The first-order chi connectivity index (χ1) is 8.04. The Kier molecular flexibility index (Phi) is 6.49. The van der Waals surface area contributed by atoms with Crippen molar-refractivity contribution in [2.24, 2.45) is 0 Å². The molecule has 0 aliphatic heterocycles. The van der Waals surface area contributed by atoms with Gasteiger partial charge >= 0.3 is 0 Å². The molecule has 0 fully saturated rings. The molecule has 2 heteroatoms. The van der Waals surface area contributed by atoms with Gasteiger partial charge in [0, 0.05) is 6.54 Å². The van der Waals surface area contributed by atoms with E-state index in [0.29, 0.717) is 0 Å². The summed E-state index contributed by atoms with van der Waals surface area (Å²) in [5, 5.41) is 3.49. The van der Waals surface area contributed by atoms with E-state index >= 15 is 0 Å². The van der Waals surface area contributed by atoms with Crippen LogP contribution in [0.1, 0.15) is 44.7 Å². The third-order valence-corrected chi connectivity index (χ3v) is 3.65. The molecule has 0 aliphatic rings. The molecule has 1 aromatic rings. The summed E-state index contributed by atoms with van der Waals surface area (Å²) < 4.78 is 1.26. The first-order valence-corrected chi connectivity index (χ1v) is 7.92. The number of halogens is 1. The Morgan fingerprint density at radius 1 is 1.06 bits per heavy atom. The van der Waals surface area contributed by atoms with E-state index in [1.54, 1.807) is 0 Å². The van der Waals surface area contributed by atoms with Crippen LogP contribution in [0, 0.1) is 0 Å². The zero-order chi connectivity index (χ0) is 12.7. The average molecular weight is 345 g/mol. The molecule has 0 amide bonds. The number of alkyl halides is 1. The fraction of sp³-hybridized carbons (Fsp3) is 0.600. The van der Waals surface area contributed by atoms with Gasteiger partial charge in [-0.05, 0) is 40.4 Å². The van der Waals surface area contributed by atoms with Gasteiger partial charge in [-0.25, -0.2) is 0 Å². The summed E-state index contributed by atoms with van der Waals surface area (Å²) in [7, 11) is 0. The van der Waals surface area contributed by atoms with E-state index < -0.39 is 0 Å². The predicted octanol–water partition coefficient (Wildman–Crippen LogP) is 4.29. The van der Waals surface area contributed by atoms with Gasteiger partial charge in [-0.15, -0.1) is 0 Å². The first-order valence-electron chi connectivity index (χ1n) is 6.40. The van der Waals surface area contributed by atoms with Gasteiger partial charge in [0.05, 0.1) is 0 Å². The van der Waals surface area contributed by atoms with E-state index in [0.717, 1.165) is 13.1 Å². The lowest BCUT2D eigenvalue weighted by Gasteiger charge is -2.19. The largest absolute Gasteiger partial charge is 0.313 e. The van der Waals surface area contributed by atoms with Gasteiger partial charge in [-0.2, -0.15) is 0 Å². The second-order valence-electron chi connectivity index (χ2n) is 5.52. The number of hydrogen-bond donors (Lipinski definition) is 1. The maximum atomic E-state index is 3.49. The lowest BCUT2D eigenvalue weighted by Crippen LogP contribution is -2.15. The number of hydrogen-bond acceptors (Lipinski definition) is 1. The van der Waals surface area contributed by atoms with Gasteiger partial charge in [0.2, 0.25) is 0 Å². The molecule has 0 radical (unpaired) electrons. The van der Waals surface area contributed by atoms with Crippen LogP contribution in [0.3, 0.4) is 0 Å². The molecule has 0 aromatic heterocycles. The smallest absolute Gasteiger partial charge is 0.0205 e. The van der Waals surface area contributed by atoms with Crippen molar-refractivity contribution in [1.29, 1.82) is 0 Å². The van der Waals surface area contributed by atoms with Crippen LogP contribution in [-0.2, 0) is 12.0 Å². The molecule has 1 N–H and O–H groups in total. The maximum absolute atomic E-state index is 3.49. The van der Waals surface area contributed by atoms with Crippen LogP contribution < -0.4 is 5.32 Å². The monoisotopic (exact) mass is 345 g/mol. The van der Waals surface area contributed by atoms with Crippen LogP contribution in [-0.4, -0.2) is 11.0 Å². The molecule has 96 valence electrons. The SMILES string of the molecule is CC(C)(C)c1ccc(CNCCCCI)cc1. The zero-order valence-electron chi connectivity index (χ0n) is 11.2. The highest BCUT2D eigenvalue weighted by molar-refractivity contribution is 14.1. The minimum absolute atomic E-state index is 0.256. The standard InChI is InChI=1S/C15H24IN/c1-15(2,3)14-8-6-13(7-9-14)12-17-11-5-4-10-16/h6-9,17H,4-5,10-12H2,1-3H3. The van der Waals surface area contributed by atoms with E-state index in [2.05, 4.69) is 72.9 Å². The molecule has 0 atom stereocenters. The molecule has 0 bridgehead atoms. The molecule has 0 spiro atoms. The summed E-state index contributed by atoms with van der Waals surface area (Å²) >= 11 is 2.43. The van der Waals surface area contributed by atoms with Crippen molar-refractivity contribution in [3.05, 3.63) is 35.4 Å². The number of unbranched alkanes of at least 4 members (excludes halogenated alkanes) is 1. The second-order valence-corrected chi connectivity index (χ2v) is 6.60. The Morgan fingerprint density at radius 2 is 1.71 bits per heavy atom. The highest BCUT2D eigenvalue weighted by atomic mass is 127. The van der Waals surface area contributed by atoms with Crippen molar-refractivity contribution >= 4 is 22.6 Å². The third-order valence-electron chi connectivity index (χ3n) is 2.89. The minimum Gasteiger partial charge on any atom is -0.313 e. The van der Waals surface area contributed by atoms with Crippen molar-refractivity contribution in [3.8, 4) is 0 Å². The van der Waals surface area contributed by atoms with Crippen molar-refractivity contribution in [2.45, 2.75) is 45.6 Å². The Morgan fingerprint density at radius 3 is 2.24 bits per heavy atom. The summed E-state index contributed by atoms with van der Waals surface area (Å²) in [6, 6.07) is 8.99. The number of benzene rings is 1. The molecule has 0 saturated carbocycles. The van der Waals surface area contributed by atoms with E-state index in [1.807, 2.05) is 0 Å². The van der Waals surface area contributed by atoms with E-state index in [1.165, 1.54) is 28.4 Å². The zero-order valence-corrected chi connectivity index (χ0v) is 13.4. The molecule has 1 nitrogen and oxygen atoms in total. The van der Waals surface area contributed by atoms with E-state index in [9.17, 15) is 0 Å². The lowest BCUT2D eigenvalue weighted by molar-refractivity contribution is 0.589. The summed E-state index contributed by atoms with van der Waals surface area (Å²) in [4.78, 5) is 0. The molecule has 0 saturated heterocycles. The van der Waals surface area contributed by atoms with Gasteiger partial charge in [0.1, 0.15) is 0 Å². The summed E-state index contributed by atoms with van der Waals surface area (Å²) in [6.45, 7) is 8.88. The Bertz CT molecular complexity index is 311. The van der Waals surface area contributed by atoms with Crippen molar-refractivity contribution in [2.75, 3.05) is 11.0 Å². The van der Waals surface area contributed by atoms with Gasteiger partial charge in [-0.3, -0.25) is 0 Å². The van der Waals surface area contributed by atoms with Crippen LogP contribution in [0.4, 0.5) is 0 Å². The Hall–Kier alpha value is -0.0900. The van der Waals surface area contributed by atoms with Crippen molar-refractivity contribution < 1.29 is 0 Å². The molecule has 1 aromatic carbocycles. The van der Waals surface area contributed by atoms with Crippen LogP contribution in [0.5, 0.6) is 0 Å². The average Bonchev–Trinajstić information content (AvgIpc) is 2.28. The van der Waals surface area contributed by atoms with Crippen LogP contribution in [0.2, 0.25) is 0 Å². The molecule has 0 unspecified atom stereocenters. The molecule has 0 aliphatic carbocycles. The van der Waals surface area contributed by atoms with E-state index in [-0.39, 0.29) is 5.41 Å². The molecular weight excluding hydrogens is 321 g/mol. The first kappa shape index (κ1) is 15.0. The molecule has 1 rings (SSSR count). The summed E-state index contributed by atoms with van der Waals surface area (Å²) in [5.74, 6) is 0. The van der Waals surface area contributed by atoms with Gasteiger partial charge in [-0.1, -0.05) is 67.6 Å². The maximum Gasteiger partial charge on any atom is 0.0205 e. The highest BCUT2D eigenvalue weighted by Gasteiger charge is 2.12. The van der Waals surface area contributed by atoms with Gasteiger partial charge in [0.25, 0.3) is 0 Å². The fourth-order valence-electron chi connectivity index (χ4n) is 1.70. The topological polar surface area (TPSA) is 12.0 Å². The third kappa shape index (κ3) is 5.87. The predicted molar refractivity (Wildman–Crippen MR) is 85.0 cm³/mol. The van der Waals surface area contributed by atoms with Crippen LogP contribution in [0.15, 0.2) is 24.3 Å². The quantitative estimate of drug-likeness (QED) is 0.461. The highest BCUT2D eigenvalue weighted by Crippen LogP contribution is 2.22. The van der Waals surface area contributed by atoms with Crippen molar-refractivity contribution in [3.63, 3.8) is 0 Å². The van der Waals surface area contributed by atoms with Crippen molar-refractivity contribution in [1.82, 2.24) is 5.32 Å². The lowest BCUT2D eigenvalue weighted by atomic mass is 9.87. The minimum atomic E-state index is 0.256. The van der Waals surface area contributed by atoms with E-state index in [4.69, 9.17) is 0 Å². The normalized spacial score (nSPS) is 11.8. The van der Waals surface area contributed by atoms with Gasteiger partial charge < -0.3 is 5.32 Å². The van der Waals surface area contributed by atoms with Gasteiger partial charge in [0.15, 0.2) is 0 Å². The van der Waals surface area contributed by atoms with Crippen LogP contribution in [0.25, 0.3) is 0 Å². The fourth-order valence-corrected chi connectivity index (χ4v) is 2.24. The molecule has 0 heterocycles. The summed E-state index contributed by atoms with van der Waals surface area (Å²) in [6.07, 6.45) is 2.60. The Labute approximate surface area is 120 Å². The second kappa shape index (κ2) is 7.37.